The van der Waals surface area contributed by atoms with Crippen LogP contribution in [-0.2, 0) is 6.42 Å². The van der Waals surface area contributed by atoms with E-state index in [1.54, 1.807) is 0 Å². The van der Waals surface area contributed by atoms with Gasteiger partial charge in [-0.05, 0) is 48.8 Å². The third-order valence-electron chi connectivity index (χ3n) is 5.13. The second-order valence-electron chi connectivity index (χ2n) is 7.58. The van der Waals surface area contributed by atoms with Gasteiger partial charge < -0.3 is 0 Å². The Balaban J connectivity index is 1.82. The maximum absolute atomic E-state index is 12.6. The van der Waals surface area contributed by atoms with E-state index in [0.717, 1.165) is 29.1 Å². The van der Waals surface area contributed by atoms with E-state index in [1.807, 2.05) is 4.68 Å². The fraction of sp³-hybridized carbons (Fsp3) is 0.500. The van der Waals surface area contributed by atoms with Gasteiger partial charge >= 0.3 is 0 Å². The van der Waals surface area contributed by atoms with E-state index in [2.05, 4.69) is 45.0 Å². The predicted octanol–water partition coefficient (Wildman–Crippen LogP) is 4.64. The molecular weight excluding hydrogens is 284 g/mol. The third kappa shape index (κ3) is 2.52. The molecule has 1 saturated carbocycles. The smallest absolute Gasteiger partial charge is 0.166 e. The summed E-state index contributed by atoms with van der Waals surface area (Å²) < 4.78 is 2.04. The van der Waals surface area contributed by atoms with Crippen molar-refractivity contribution < 1.29 is 4.79 Å². The highest BCUT2D eigenvalue weighted by atomic mass is 16.1. The Labute approximate surface area is 137 Å². The van der Waals surface area contributed by atoms with Crippen LogP contribution >= 0.6 is 0 Å². The number of aromatic nitrogens is 2. The molecule has 1 atom stereocenters. The molecule has 0 amide bonds. The van der Waals surface area contributed by atoms with Gasteiger partial charge in [-0.3, -0.25) is 4.79 Å². The number of Topliss-reactive ketones (excluding diaryl/α,β-unsaturated/α-hetero) is 1. The molecule has 0 N–H and O–H groups in total. The number of ketones is 1. The molecule has 3 heteroatoms. The van der Waals surface area contributed by atoms with Crippen molar-refractivity contribution in [1.82, 2.24) is 9.78 Å². The fourth-order valence-electron chi connectivity index (χ4n) is 3.64. The molecule has 3 nitrogen and oxygen atoms in total. The van der Waals surface area contributed by atoms with Crippen LogP contribution in [0.1, 0.15) is 79.2 Å². The topological polar surface area (TPSA) is 34.9 Å². The highest BCUT2D eigenvalue weighted by Crippen LogP contribution is 2.44. The van der Waals surface area contributed by atoms with Crippen LogP contribution in [0.3, 0.4) is 0 Å². The number of fused-ring (bicyclic) bond motifs is 1. The zero-order valence-electron chi connectivity index (χ0n) is 14.2. The van der Waals surface area contributed by atoms with Crippen LogP contribution in [0.15, 0.2) is 24.3 Å². The lowest BCUT2D eigenvalue weighted by Crippen LogP contribution is -2.20. The van der Waals surface area contributed by atoms with Crippen molar-refractivity contribution >= 4 is 5.78 Å². The molecular formula is C20H24N2O. The van der Waals surface area contributed by atoms with Crippen LogP contribution in [0.25, 0.3) is 5.69 Å². The Morgan fingerprint density at radius 2 is 1.83 bits per heavy atom. The quantitative estimate of drug-likeness (QED) is 0.828. The maximum atomic E-state index is 12.6. The van der Waals surface area contributed by atoms with Gasteiger partial charge in [-0.15, -0.1) is 0 Å². The van der Waals surface area contributed by atoms with Crippen LogP contribution < -0.4 is 0 Å². The summed E-state index contributed by atoms with van der Waals surface area (Å²) >= 11 is 0. The normalized spacial score (nSPS) is 20.9. The summed E-state index contributed by atoms with van der Waals surface area (Å²) in [5, 5.41) is 4.88. The van der Waals surface area contributed by atoms with E-state index in [9.17, 15) is 4.79 Å². The molecule has 0 saturated heterocycles. The van der Waals surface area contributed by atoms with E-state index in [0.29, 0.717) is 30.0 Å². The van der Waals surface area contributed by atoms with Gasteiger partial charge in [0.25, 0.3) is 0 Å². The second-order valence-corrected chi connectivity index (χ2v) is 7.58. The summed E-state index contributed by atoms with van der Waals surface area (Å²) in [4.78, 5) is 12.6. The van der Waals surface area contributed by atoms with Crippen LogP contribution in [0, 0.1) is 5.92 Å². The number of hydrogen-bond acceptors (Lipinski definition) is 2. The SMILES string of the molecule is CC1CC(=O)c2c(C3CC3)nn(-c3ccc(C(C)C)cc3)c2C1. The molecule has 0 spiro atoms. The molecule has 1 unspecified atom stereocenters. The van der Waals surface area contributed by atoms with Crippen LogP contribution in [0.5, 0.6) is 0 Å². The first-order valence-electron chi connectivity index (χ1n) is 8.80. The van der Waals surface area contributed by atoms with Crippen molar-refractivity contribution in [2.75, 3.05) is 0 Å². The molecule has 0 aliphatic heterocycles. The molecule has 0 bridgehead atoms. The Morgan fingerprint density at radius 1 is 1.13 bits per heavy atom. The Bertz CT molecular complexity index is 751. The first-order valence-corrected chi connectivity index (χ1v) is 8.80. The molecule has 2 aromatic rings. The standard InChI is InChI=1S/C20H24N2O/c1-12(2)14-6-8-16(9-7-14)22-17-10-13(3)11-18(23)19(17)20(21-22)15-4-5-15/h6-9,12-13,15H,4-5,10-11H2,1-3H3. The maximum Gasteiger partial charge on any atom is 0.166 e. The highest BCUT2D eigenvalue weighted by Gasteiger charge is 2.37. The lowest BCUT2D eigenvalue weighted by molar-refractivity contribution is 0.0951. The molecule has 1 aromatic carbocycles. The number of benzene rings is 1. The molecule has 1 fully saturated rings. The summed E-state index contributed by atoms with van der Waals surface area (Å²) in [6, 6.07) is 8.64. The number of rotatable bonds is 3. The molecule has 1 heterocycles. The Morgan fingerprint density at radius 3 is 2.43 bits per heavy atom. The number of carbonyl (C=O) groups excluding carboxylic acids is 1. The largest absolute Gasteiger partial charge is 0.294 e. The fourth-order valence-corrected chi connectivity index (χ4v) is 3.64. The predicted molar refractivity (Wildman–Crippen MR) is 91.4 cm³/mol. The van der Waals surface area contributed by atoms with E-state index in [1.165, 1.54) is 18.4 Å². The molecule has 1 aromatic heterocycles. The lowest BCUT2D eigenvalue weighted by Gasteiger charge is -2.19. The van der Waals surface area contributed by atoms with Crippen molar-refractivity contribution in [3.63, 3.8) is 0 Å². The van der Waals surface area contributed by atoms with Crippen molar-refractivity contribution in [1.29, 1.82) is 0 Å². The molecule has 2 aliphatic rings. The number of hydrogen-bond donors (Lipinski definition) is 0. The third-order valence-corrected chi connectivity index (χ3v) is 5.13. The second kappa shape index (κ2) is 5.33. The molecule has 120 valence electrons. The summed E-state index contributed by atoms with van der Waals surface area (Å²) in [5.74, 6) is 1.75. The van der Waals surface area contributed by atoms with Gasteiger partial charge in [-0.2, -0.15) is 5.10 Å². The van der Waals surface area contributed by atoms with Crippen LogP contribution in [0.2, 0.25) is 0 Å². The van der Waals surface area contributed by atoms with Crippen LogP contribution in [0.4, 0.5) is 0 Å². The van der Waals surface area contributed by atoms with Crippen molar-refractivity contribution in [2.24, 2.45) is 5.92 Å². The Kier molecular flexibility index (Phi) is 3.40. The molecule has 4 rings (SSSR count). The van der Waals surface area contributed by atoms with Gasteiger partial charge in [0.15, 0.2) is 5.78 Å². The first-order chi connectivity index (χ1) is 11.0. The van der Waals surface area contributed by atoms with Gasteiger partial charge in [0.2, 0.25) is 0 Å². The lowest BCUT2D eigenvalue weighted by atomic mass is 9.86. The molecule has 23 heavy (non-hydrogen) atoms. The van der Waals surface area contributed by atoms with Crippen LogP contribution in [-0.4, -0.2) is 15.6 Å². The van der Waals surface area contributed by atoms with E-state index in [4.69, 9.17) is 5.10 Å². The van der Waals surface area contributed by atoms with E-state index >= 15 is 0 Å². The summed E-state index contributed by atoms with van der Waals surface area (Å²) in [6.45, 7) is 6.57. The monoisotopic (exact) mass is 308 g/mol. The molecule has 0 radical (unpaired) electrons. The van der Waals surface area contributed by atoms with Crippen molar-refractivity contribution in [2.45, 2.75) is 58.3 Å². The van der Waals surface area contributed by atoms with Crippen molar-refractivity contribution in [3.05, 3.63) is 46.8 Å². The average molecular weight is 308 g/mol. The van der Waals surface area contributed by atoms with Gasteiger partial charge in [-0.25, -0.2) is 4.68 Å². The minimum atomic E-state index is 0.297. The number of nitrogens with zero attached hydrogens (tertiary/aromatic N) is 2. The Hall–Kier alpha value is -1.90. The average Bonchev–Trinajstić information content (AvgIpc) is 3.28. The van der Waals surface area contributed by atoms with Crippen molar-refractivity contribution in [3.8, 4) is 5.69 Å². The first kappa shape index (κ1) is 14.7. The van der Waals surface area contributed by atoms with Gasteiger partial charge in [-0.1, -0.05) is 32.9 Å². The zero-order valence-corrected chi connectivity index (χ0v) is 14.2. The van der Waals surface area contributed by atoms with E-state index in [-0.39, 0.29) is 0 Å². The highest BCUT2D eigenvalue weighted by molar-refractivity contribution is 5.99. The summed E-state index contributed by atoms with van der Waals surface area (Å²) in [7, 11) is 0. The van der Waals surface area contributed by atoms with Gasteiger partial charge in [0, 0.05) is 12.3 Å². The van der Waals surface area contributed by atoms with Gasteiger partial charge in [0.1, 0.15) is 0 Å². The minimum Gasteiger partial charge on any atom is -0.294 e. The molecule has 2 aliphatic carbocycles. The zero-order chi connectivity index (χ0) is 16.1. The minimum absolute atomic E-state index is 0.297. The number of carbonyl (C=O) groups is 1. The summed E-state index contributed by atoms with van der Waals surface area (Å²) in [5.41, 5.74) is 5.55. The van der Waals surface area contributed by atoms with E-state index < -0.39 is 0 Å². The van der Waals surface area contributed by atoms with Gasteiger partial charge in [0.05, 0.1) is 22.6 Å². The summed E-state index contributed by atoms with van der Waals surface area (Å²) in [6.07, 6.45) is 3.98.